The summed E-state index contributed by atoms with van der Waals surface area (Å²) < 4.78 is 0. The van der Waals surface area contributed by atoms with Crippen LogP contribution in [0.4, 0.5) is 11.4 Å². The normalized spacial score (nSPS) is 20.8. The first-order chi connectivity index (χ1) is 27.7. The Morgan fingerprint density at radius 3 is 1.96 bits per heavy atom. The van der Waals surface area contributed by atoms with Crippen molar-refractivity contribution in [3.05, 3.63) is 119 Å². The average molecular weight is 768 g/mol. The van der Waals surface area contributed by atoms with Crippen LogP contribution in [-0.4, -0.2) is 83.5 Å². The third-order valence-corrected chi connectivity index (χ3v) is 12.1. The average Bonchev–Trinajstić information content (AvgIpc) is 3.48. The van der Waals surface area contributed by atoms with Gasteiger partial charge in [0.1, 0.15) is 17.5 Å². The van der Waals surface area contributed by atoms with Gasteiger partial charge in [-0.3, -0.25) is 29.4 Å². The quantitative estimate of drug-likeness (QED) is 0.107. The van der Waals surface area contributed by atoms with E-state index in [1.54, 1.807) is 36.4 Å². The fourth-order valence-corrected chi connectivity index (χ4v) is 8.93. The summed E-state index contributed by atoms with van der Waals surface area (Å²) in [5, 5.41) is 26.0. The number of hydrogen-bond donors (Lipinski definition) is 4. The van der Waals surface area contributed by atoms with Crippen LogP contribution < -0.4 is 20.4 Å². The third kappa shape index (κ3) is 7.89. The summed E-state index contributed by atoms with van der Waals surface area (Å²) in [4.78, 5) is 56.5. The van der Waals surface area contributed by atoms with Crippen LogP contribution in [-0.2, 0) is 9.59 Å². The molecule has 2 atom stereocenters. The summed E-state index contributed by atoms with van der Waals surface area (Å²) >= 11 is 0. The van der Waals surface area contributed by atoms with Crippen molar-refractivity contribution in [1.82, 2.24) is 15.5 Å². The number of fused-ring (bicyclic) bond motifs is 1. The second-order valence-electron chi connectivity index (χ2n) is 15.6. The van der Waals surface area contributed by atoms with Crippen molar-refractivity contribution < 1.29 is 29.4 Å². The number of nitrogens with one attached hydrogen (secondary N) is 2. The van der Waals surface area contributed by atoms with E-state index >= 15 is 0 Å². The molecule has 4 amide bonds. The van der Waals surface area contributed by atoms with Crippen molar-refractivity contribution in [1.29, 1.82) is 0 Å². The smallest absolute Gasteiger partial charge is 0.262 e. The molecular formula is C46H49N5O6. The van der Waals surface area contributed by atoms with Gasteiger partial charge in [-0.2, -0.15) is 0 Å². The topological polar surface area (TPSA) is 143 Å². The lowest BCUT2D eigenvalue weighted by atomic mass is 9.88. The molecule has 8 rings (SSSR count). The van der Waals surface area contributed by atoms with Gasteiger partial charge in [-0.15, -0.1) is 0 Å². The van der Waals surface area contributed by atoms with Crippen molar-refractivity contribution in [2.75, 3.05) is 42.5 Å². The number of amides is 4. The summed E-state index contributed by atoms with van der Waals surface area (Å²) in [6.45, 7) is 6.71. The molecule has 0 aromatic heterocycles. The van der Waals surface area contributed by atoms with Gasteiger partial charge in [-0.25, -0.2) is 0 Å². The Morgan fingerprint density at radius 2 is 1.32 bits per heavy atom. The lowest BCUT2D eigenvalue weighted by Gasteiger charge is -2.37. The zero-order valence-corrected chi connectivity index (χ0v) is 32.2. The van der Waals surface area contributed by atoms with Gasteiger partial charge in [0.15, 0.2) is 0 Å². The molecule has 1 unspecified atom stereocenters. The highest BCUT2D eigenvalue weighted by atomic mass is 16.3. The molecule has 4 aromatic carbocycles. The number of allylic oxidation sites excluding steroid dienone is 1. The number of carbonyl (C=O) groups excluding carboxylic acids is 4. The lowest BCUT2D eigenvalue weighted by molar-refractivity contribution is -0.136. The summed E-state index contributed by atoms with van der Waals surface area (Å²) in [5.41, 5.74) is 8.16. The van der Waals surface area contributed by atoms with Gasteiger partial charge in [0.05, 0.1) is 11.1 Å². The molecule has 4 aliphatic rings. The van der Waals surface area contributed by atoms with Gasteiger partial charge in [-0.1, -0.05) is 43.3 Å². The minimum Gasteiger partial charge on any atom is -0.508 e. The van der Waals surface area contributed by atoms with Crippen LogP contribution in [0, 0.1) is 5.92 Å². The maximum Gasteiger partial charge on any atom is 0.262 e. The molecule has 3 fully saturated rings. The van der Waals surface area contributed by atoms with E-state index in [2.05, 4.69) is 51.6 Å². The Balaban J connectivity index is 0.870. The first-order valence-corrected chi connectivity index (χ1v) is 20.2. The molecule has 0 bridgehead atoms. The highest BCUT2D eigenvalue weighted by Crippen LogP contribution is 2.37. The molecule has 4 aromatic rings. The second-order valence-corrected chi connectivity index (χ2v) is 15.6. The maximum atomic E-state index is 13.4. The van der Waals surface area contributed by atoms with Gasteiger partial charge in [0, 0.05) is 50.0 Å². The number of hydrogen-bond acceptors (Lipinski definition) is 9. The van der Waals surface area contributed by atoms with Crippen molar-refractivity contribution in [3.8, 4) is 11.5 Å². The molecular weight excluding hydrogens is 719 g/mol. The van der Waals surface area contributed by atoms with Gasteiger partial charge >= 0.3 is 0 Å². The minimum atomic E-state index is -0.972. The Kier molecular flexibility index (Phi) is 10.8. The minimum absolute atomic E-state index is 0.0943. The monoisotopic (exact) mass is 767 g/mol. The zero-order valence-electron chi connectivity index (χ0n) is 32.2. The van der Waals surface area contributed by atoms with E-state index in [1.165, 1.54) is 11.3 Å². The van der Waals surface area contributed by atoms with E-state index < -0.39 is 23.8 Å². The number of aromatic hydroxyl groups is 2. The standard InChI is InChI=1S/C46H49N5O6/c1-2-38(30-7-14-36(52)15-8-30)43(32-9-16-37(53)17-10-32)31-5-11-34(12-6-31)49-24-21-29(22-25-49)27-47-33-4-3-23-50(28-33)35-13-18-39-40(26-35)46(57)51(45(39)56)41-19-20-42(54)48-44(41)55/h5-18,26,29,33,41,47,52-53H,2-4,19-25,27-28H2,1H3,(H,48,54,55)/t33-,41?/m0/s1. The Morgan fingerprint density at radius 1 is 0.702 bits per heavy atom. The van der Waals surface area contributed by atoms with E-state index in [0.29, 0.717) is 23.1 Å². The maximum absolute atomic E-state index is 13.4. The number of rotatable bonds is 10. The van der Waals surface area contributed by atoms with Crippen molar-refractivity contribution in [2.45, 2.75) is 64.0 Å². The van der Waals surface area contributed by atoms with Gasteiger partial charge < -0.3 is 25.3 Å². The Bertz CT molecular complexity index is 2190. The van der Waals surface area contributed by atoms with Gasteiger partial charge in [0.2, 0.25) is 11.8 Å². The molecule has 3 saturated heterocycles. The zero-order chi connectivity index (χ0) is 39.6. The molecule has 57 heavy (non-hydrogen) atoms. The fraction of sp³-hybridized carbons (Fsp3) is 0.348. The first kappa shape index (κ1) is 38.0. The van der Waals surface area contributed by atoms with E-state index in [-0.39, 0.29) is 30.2 Å². The molecule has 294 valence electrons. The summed E-state index contributed by atoms with van der Waals surface area (Å²) in [7, 11) is 0. The number of anilines is 2. The molecule has 0 saturated carbocycles. The number of piperidine rings is 3. The summed E-state index contributed by atoms with van der Waals surface area (Å²) in [5.74, 6) is -0.922. The van der Waals surface area contributed by atoms with Crippen LogP contribution in [0.25, 0.3) is 11.1 Å². The highest BCUT2D eigenvalue weighted by Gasteiger charge is 2.45. The van der Waals surface area contributed by atoms with Crippen molar-refractivity contribution in [2.24, 2.45) is 5.92 Å². The van der Waals surface area contributed by atoms with Crippen LogP contribution in [0.1, 0.15) is 89.3 Å². The molecule has 4 N–H and O–H groups in total. The number of imide groups is 2. The predicted molar refractivity (Wildman–Crippen MR) is 220 cm³/mol. The Labute approximate surface area is 333 Å². The lowest BCUT2D eigenvalue weighted by Crippen LogP contribution is -2.54. The SMILES string of the molecule is CCC(=C(c1ccc(O)cc1)c1ccc(N2CCC(CN[C@H]3CCCN(c4ccc5c(c4)C(=O)N(C4CCC(=O)NC4=O)C5=O)C3)CC2)cc1)c1ccc(O)cc1. The molecule has 0 radical (unpaired) electrons. The highest BCUT2D eigenvalue weighted by molar-refractivity contribution is 6.23. The van der Waals surface area contributed by atoms with E-state index in [1.807, 2.05) is 30.3 Å². The van der Waals surface area contributed by atoms with Crippen molar-refractivity contribution >= 4 is 46.1 Å². The second kappa shape index (κ2) is 16.3. The van der Waals surface area contributed by atoms with E-state index in [0.717, 1.165) is 97.7 Å². The van der Waals surface area contributed by atoms with Gasteiger partial charge in [-0.05, 0) is 133 Å². The molecule has 4 aliphatic heterocycles. The van der Waals surface area contributed by atoms with Gasteiger partial charge in [0.25, 0.3) is 11.8 Å². The third-order valence-electron chi connectivity index (χ3n) is 12.1. The number of carbonyl (C=O) groups is 4. The predicted octanol–water partition coefficient (Wildman–Crippen LogP) is 6.34. The molecule has 4 heterocycles. The first-order valence-electron chi connectivity index (χ1n) is 20.2. The summed E-state index contributed by atoms with van der Waals surface area (Å²) in [6.07, 6.45) is 5.30. The number of phenolic OH excluding ortho intramolecular Hbond substituents is 2. The number of phenols is 2. The molecule has 11 nitrogen and oxygen atoms in total. The molecule has 0 spiro atoms. The van der Waals surface area contributed by atoms with E-state index in [9.17, 15) is 29.4 Å². The number of nitrogens with zero attached hydrogens (tertiary/aromatic N) is 3. The van der Waals surface area contributed by atoms with Crippen LogP contribution >= 0.6 is 0 Å². The number of benzene rings is 4. The largest absolute Gasteiger partial charge is 0.508 e. The van der Waals surface area contributed by atoms with Crippen LogP contribution in [0.2, 0.25) is 0 Å². The molecule has 0 aliphatic carbocycles. The van der Waals surface area contributed by atoms with Crippen molar-refractivity contribution in [3.63, 3.8) is 0 Å². The fourth-order valence-electron chi connectivity index (χ4n) is 8.93. The summed E-state index contributed by atoms with van der Waals surface area (Å²) in [6, 6.07) is 28.2. The van der Waals surface area contributed by atoms with Crippen LogP contribution in [0.5, 0.6) is 11.5 Å². The van der Waals surface area contributed by atoms with Crippen LogP contribution in [0.15, 0.2) is 91.0 Å². The van der Waals surface area contributed by atoms with Crippen LogP contribution in [0.3, 0.4) is 0 Å². The Hall–Kier alpha value is -5.94. The van der Waals surface area contributed by atoms with E-state index in [4.69, 9.17) is 0 Å². The molecule has 11 heteroatoms.